The van der Waals surface area contributed by atoms with Gasteiger partial charge in [0.15, 0.2) is 11.5 Å². The first-order valence-electron chi connectivity index (χ1n) is 17.6. The molecule has 0 aromatic heterocycles. The Balaban J connectivity index is 1.31. The number of methoxy groups -OCH3 is 4. The maximum atomic E-state index is 13.1. The number of halogens is 4. The van der Waals surface area contributed by atoms with Crippen molar-refractivity contribution in [2.24, 2.45) is 10.3 Å². The second-order valence-electron chi connectivity index (χ2n) is 12.3. The molecule has 18 heteroatoms. The van der Waals surface area contributed by atoms with E-state index in [1.165, 1.54) is 14.2 Å². The number of nitrogens with zero attached hydrogens (tertiary/aromatic N) is 2. The molecule has 14 nitrogen and oxygen atoms in total. The van der Waals surface area contributed by atoms with Gasteiger partial charge in [0, 0.05) is 37.1 Å². The average molecular weight is 1060 g/mol. The molecule has 2 amide bonds. The van der Waals surface area contributed by atoms with Gasteiger partial charge in [0.2, 0.25) is 0 Å². The second kappa shape index (κ2) is 23.2. The summed E-state index contributed by atoms with van der Waals surface area (Å²) in [4.78, 5) is 26.2. The molecule has 0 heterocycles. The molecule has 4 aromatic rings. The Morgan fingerprint density at radius 3 is 1.24 bits per heavy atom. The Labute approximate surface area is 369 Å². The number of hydrogen-bond acceptors (Lipinski definition) is 12. The Morgan fingerprint density at radius 1 is 0.569 bits per heavy atom. The summed E-state index contributed by atoms with van der Waals surface area (Å²) >= 11 is 14.1. The third-order valence-corrected chi connectivity index (χ3v) is 11.2. The van der Waals surface area contributed by atoms with Gasteiger partial charge >= 0.3 is 0 Å². The van der Waals surface area contributed by atoms with E-state index >= 15 is 0 Å². The zero-order valence-corrected chi connectivity index (χ0v) is 38.3. The van der Waals surface area contributed by atoms with Gasteiger partial charge in [-0.05, 0) is 124 Å². The summed E-state index contributed by atoms with van der Waals surface area (Å²) in [7, 11) is 6.23. The van der Waals surface area contributed by atoms with E-state index < -0.39 is 11.8 Å². The third-order valence-electron chi connectivity index (χ3n) is 8.57. The van der Waals surface area contributed by atoms with Crippen molar-refractivity contribution in [1.29, 1.82) is 0 Å². The number of nitrogens with one attached hydrogen (secondary N) is 2. The highest BCUT2D eigenvalue weighted by Gasteiger charge is 2.24. The van der Waals surface area contributed by atoms with Crippen LogP contribution in [0.5, 0.6) is 34.5 Å². The molecule has 0 fully saturated rings. The lowest BCUT2D eigenvalue weighted by atomic mass is 10.1. The quantitative estimate of drug-likeness (QED) is 0.0274. The number of rotatable bonds is 21. The van der Waals surface area contributed by atoms with Crippen LogP contribution in [0.4, 0.5) is 0 Å². The summed E-state index contributed by atoms with van der Waals surface area (Å²) in [6.07, 6.45) is 0.842. The lowest BCUT2D eigenvalue weighted by Crippen LogP contribution is -2.35. The third kappa shape index (κ3) is 12.5. The lowest BCUT2D eigenvalue weighted by molar-refractivity contribution is -0.116. The molecule has 0 saturated heterocycles. The molecule has 0 aliphatic heterocycles. The molecule has 0 unspecified atom stereocenters. The normalized spacial score (nSPS) is 11.4. The zero-order valence-electron chi connectivity index (χ0n) is 32.0. The second-order valence-corrected chi connectivity index (χ2v) is 15.6. The first-order valence-corrected chi connectivity index (χ1v) is 20.7. The molecule has 0 spiro atoms. The van der Waals surface area contributed by atoms with Crippen LogP contribution in [0.25, 0.3) is 0 Å². The molecule has 58 heavy (non-hydrogen) atoms. The van der Waals surface area contributed by atoms with Crippen LogP contribution in [-0.4, -0.2) is 75.2 Å². The smallest absolute Gasteiger partial charge is 0.269 e. The summed E-state index contributed by atoms with van der Waals surface area (Å²) in [6.45, 7) is 0.874. The molecule has 4 N–H and O–H groups in total. The van der Waals surface area contributed by atoms with Crippen LogP contribution in [-0.2, 0) is 35.6 Å². The Kier molecular flexibility index (Phi) is 18.4. The van der Waals surface area contributed by atoms with E-state index in [4.69, 9.17) is 28.4 Å². The van der Waals surface area contributed by atoms with Crippen molar-refractivity contribution >= 4 is 87.0 Å². The van der Waals surface area contributed by atoms with Crippen LogP contribution in [0.3, 0.4) is 0 Å². The molecular weight excluding hydrogens is 1020 g/mol. The van der Waals surface area contributed by atoms with Gasteiger partial charge in [-0.2, -0.15) is 0 Å². The van der Waals surface area contributed by atoms with Crippen LogP contribution < -0.4 is 39.1 Å². The number of amides is 2. The number of hydrogen-bond donors (Lipinski definition) is 4. The SMILES string of the molecule is COc1ccc(COc2c(C/C(=N\O)C(=O)NCCCCNC(=O)/C(Cc3cc(Br)c(OC)c(Br)c3OCc3ccc(OC)cc3)=N/O)cc(Br)c(OC)c2Br)cc1. The molecule has 0 aliphatic carbocycles. The molecule has 0 radical (unpaired) electrons. The highest BCUT2D eigenvalue weighted by atomic mass is 79.9. The van der Waals surface area contributed by atoms with E-state index in [1.807, 2.05) is 48.5 Å². The van der Waals surface area contributed by atoms with Crippen molar-refractivity contribution in [3.8, 4) is 34.5 Å². The van der Waals surface area contributed by atoms with Gasteiger partial charge in [0.05, 0.1) is 37.4 Å². The van der Waals surface area contributed by atoms with Crippen LogP contribution in [0.1, 0.15) is 35.1 Å². The summed E-state index contributed by atoms with van der Waals surface area (Å²) in [5, 5.41) is 31.7. The highest BCUT2D eigenvalue weighted by Crippen LogP contribution is 2.44. The first kappa shape index (κ1) is 46.2. The Bertz CT molecular complexity index is 1950. The molecule has 0 aliphatic rings. The predicted molar refractivity (Wildman–Crippen MR) is 233 cm³/mol. The number of carbonyl (C=O) groups excluding carboxylic acids is 2. The minimum absolute atomic E-state index is 0.0591. The minimum Gasteiger partial charge on any atom is -0.497 e. The maximum Gasteiger partial charge on any atom is 0.269 e. The Hall–Kier alpha value is -4.52. The largest absolute Gasteiger partial charge is 0.497 e. The van der Waals surface area contributed by atoms with Crippen molar-refractivity contribution in [3.63, 3.8) is 0 Å². The van der Waals surface area contributed by atoms with Gasteiger partial charge in [-0.25, -0.2) is 0 Å². The van der Waals surface area contributed by atoms with Gasteiger partial charge in [-0.15, -0.1) is 0 Å². The molecule has 310 valence electrons. The topological polar surface area (TPSA) is 179 Å². The molecule has 4 aromatic carbocycles. The number of ether oxygens (including phenoxy) is 6. The zero-order chi connectivity index (χ0) is 42.2. The number of carbonyl (C=O) groups is 2. The van der Waals surface area contributed by atoms with Gasteiger partial charge < -0.3 is 49.5 Å². The fraction of sp³-hybridized carbons (Fsp3) is 0.300. The van der Waals surface area contributed by atoms with E-state index in [1.54, 1.807) is 26.4 Å². The van der Waals surface area contributed by atoms with Gasteiger partial charge in [0.25, 0.3) is 11.8 Å². The predicted octanol–water partition coefficient (Wildman–Crippen LogP) is 8.39. The summed E-state index contributed by atoms with van der Waals surface area (Å²) < 4.78 is 36.1. The molecular formula is C40H42Br4N4O10. The number of unbranched alkanes of at least 4 members (excludes halogenated alkanes) is 1. The molecule has 0 saturated carbocycles. The fourth-order valence-corrected chi connectivity index (χ4v) is 8.80. The van der Waals surface area contributed by atoms with Crippen LogP contribution in [0, 0.1) is 0 Å². The number of oxime groups is 2. The fourth-order valence-electron chi connectivity index (χ4n) is 5.51. The Morgan fingerprint density at radius 2 is 0.931 bits per heavy atom. The van der Waals surface area contributed by atoms with Crippen molar-refractivity contribution in [2.75, 3.05) is 41.5 Å². The van der Waals surface area contributed by atoms with E-state index in [-0.39, 0.29) is 50.6 Å². The first-order chi connectivity index (χ1) is 28.0. The van der Waals surface area contributed by atoms with Gasteiger partial charge in [-0.3, -0.25) is 9.59 Å². The van der Waals surface area contributed by atoms with Crippen molar-refractivity contribution in [3.05, 3.63) is 101 Å². The maximum absolute atomic E-state index is 13.1. The lowest BCUT2D eigenvalue weighted by Gasteiger charge is -2.18. The van der Waals surface area contributed by atoms with Crippen molar-refractivity contribution in [2.45, 2.75) is 38.9 Å². The monoisotopic (exact) mass is 1050 g/mol. The molecule has 4 rings (SSSR count). The standard InChI is InChI=1S/C40H42Br4N4O10/c1-53-27-11-7-23(8-12-27)21-57-35-25(17-29(41)37(55-3)33(35)43)19-31(47-51)39(49)45-15-5-6-16-46-40(50)32(48-52)20-26-18-30(42)38(56-4)34(44)36(26)58-22-24-9-13-28(54-2)14-10-24/h7-14,17-18,51-52H,5-6,15-16,19-22H2,1-4H3,(H,45,49)(H,46,50)/b47-31+,48-32+. The molecule has 0 atom stereocenters. The minimum atomic E-state index is -0.577. The van der Waals surface area contributed by atoms with Crippen LogP contribution in [0.15, 0.2) is 88.9 Å². The van der Waals surface area contributed by atoms with E-state index in [9.17, 15) is 20.0 Å². The van der Waals surface area contributed by atoms with E-state index in [0.29, 0.717) is 76.4 Å². The van der Waals surface area contributed by atoms with Crippen LogP contribution >= 0.6 is 63.7 Å². The average Bonchev–Trinajstić information content (AvgIpc) is 3.23. The van der Waals surface area contributed by atoms with Gasteiger partial charge in [0.1, 0.15) is 56.6 Å². The van der Waals surface area contributed by atoms with E-state index in [0.717, 1.165) is 11.1 Å². The van der Waals surface area contributed by atoms with Crippen molar-refractivity contribution < 1.29 is 48.4 Å². The van der Waals surface area contributed by atoms with E-state index in [2.05, 4.69) is 84.7 Å². The highest BCUT2D eigenvalue weighted by molar-refractivity contribution is 9.11. The van der Waals surface area contributed by atoms with Crippen LogP contribution in [0.2, 0.25) is 0 Å². The summed E-state index contributed by atoms with van der Waals surface area (Å²) in [6, 6.07) is 18.3. The van der Waals surface area contributed by atoms with Crippen molar-refractivity contribution in [1.82, 2.24) is 10.6 Å². The number of benzene rings is 4. The summed E-state index contributed by atoms with van der Waals surface area (Å²) in [5.41, 5.74) is 2.60. The molecule has 0 bridgehead atoms. The van der Waals surface area contributed by atoms with Gasteiger partial charge in [-0.1, -0.05) is 34.6 Å². The summed E-state index contributed by atoms with van der Waals surface area (Å²) in [5.74, 6) is 2.08.